The van der Waals surface area contributed by atoms with Crippen LogP contribution >= 0.6 is 0 Å². The highest BCUT2D eigenvalue weighted by Gasteiger charge is 2.15. The minimum atomic E-state index is -3.33. The van der Waals surface area contributed by atoms with Crippen molar-refractivity contribution in [2.45, 2.75) is 12.8 Å². The number of para-hydroxylation sites is 1. The van der Waals surface area contributed by atoms with E-state index in [9.17, 15) is 13.2 Å². The highest BCUT2D eigenvalue weighted by atomic mass is 32.2. The van der Waals surface area contributed by atoms with Crippen LogP contribution in [0.5, 0.6) is 5.75 Å². The second kappa shape index (κ2) is 7.99. The molecule has 1 rings (SSSR count). The smallest absolute Gasteiger partial charge is 0.221 e. The van der Waals surface area contributed by atoms with Crippen LogP contribution in [0, 0.1) is 0 Å². The second-order valence-corrected chi connectivity index (χ2v) is 7.06. The summed E-state index contributed by atoms with van der Waals surface area (Å²) in [5.41, 5.74) is 1.00. The van der Waals surface area contributed by atoms with Crippen LogP contribution in [0.1, 0.15) is 12.0 Å². The van der Waals surface area contributed by atoms with E-state index in [1.807, 2.05) is 24.3 Å². The van der Waals surface area contributed by atoms with E-state index in [1.54, 1.807) is 7.11 Å². The zero-order chi connectivity index (χ0) is 15.9. The predicted molar refractivity (Wildman–Crippen MR) is 81.8 cm³/mol. The van der Waals surface area contributed by atoms with Crippen molar-refractivity contribution in [1.82, 2.24) is 9.62 Å². The lowest BCUT2D eigenvalue weighted by molar-refractivity contribution is -0.120. The number of hydrogen-bond donors (Lipinski definition) is 1. The molecule has 0 heterocycles. The maximum Gasteiger partial charge on any atom is 0.221 e. The summed E-state index contributed by atoms with van der Waals surface area (Å²) in [4.78, 5) is 11.6. The molecule has 0 aliphatic heterocycles. The van der Waals surface area contributed by atoms with E-state index in [-0.39, 0.29) is 18.1 Å². The summed E-state index contributed by atoms with van der Waals surface area (Å²) in [6.07, 6.45) is 0.600. The van der Waals surface area contributed by atoms with Crippen LogP contribution in [0.4, 0.5) is 0 Å². The average molecular weight is 314 g/mol. The van der Waals surface area contributed by atoms with Crippen LogP contribution in [0.25, 0.3) is 0 Å². The van der Waals surface area contributed by atoms with E-state index in [0.29, 0.717) is 13.0 Å². The summed E-state index contributed by atoms with van der Waals surface area (Å²) in [5, 5.41) is 2.72. The van der Waals surface area contributed by atoms with E-state index in [4.69, 9.17) is 4.74 Å². The molecule has 6 nitrogen and oxygen atoms in total. The van der Waals surface area contributed by atoms with Crippen molar-refractivity contribution in [3.63, 3.8) is 0 Å². The Morgan fingerprint density at radius 1 is 1.29 bits per heavy atom. The molecule has 1 amide bonds. The fraction of sp³-hybridized carbons (Fsp3) is 0.500. The molecule has 0 aliphatic carbocycles. The molecule has 118 valence electrons. The molecule has 0 spiro atoms. The van der Waals surface area contributed by atoms with Gasteiger partial charge in [0, 0.05) is 27.1 Å². The van der Waals surface area contributed by atoms with Crippen molar-refractivity contribution in [1.29, 1.82) is 0 Å². The first-order chi connectivity index (χ1) is 9.86. The van der Waals surface area contributed by atoms with Gasteiger partial charge >= 0.3 is 0 Å². The zero-order valence-electron chi connectivity index (χ0n) is 12.6. The summed E-state index contributed by atoms with van der Waals surface area (Å²) in [7, 11) is 1.18. The predicted octanol–water partition coefficient (Wildman–Crippen LogP) is 0.635. The summed E-state index contributed by atoms with van der Waals surface area (Å²) < 4.78 is 29.4. The van der Waals surface area contributed by atoms with Gasteiger partial charge in [-0.1, -0.05) is 18.2 Å². The van der Waals surface area contributed by atoms with Gasteiger partial charge in [-0.05, 0) is 18.1 Å². The monoisotopic (exact) mass is 314 g/mol. The van der Waals surface area contributed by atoms with Gasteiger partial charge in [-0.3, -0.25) is 4.79 Å². The Balaban J connectivity index is 2.37. The van der Waals surface area contributed by atoms with E-state index < -0.39 is 10.0 Å². The molecular formula is C14H22N2O4S. The molecule has 1 aromatic rings. The van der Waals surface area contributed by atoms with E-state index in [2.05, 4.69) is 5.32 Å². The Morgan fingerprint density at radius 3 is 2.57 bits per heavy atom. The van der Waals surface area contributed by atoms with Gasteiger partial charge in [0.1, 0.15) is 5.75 Å². The third-order valence-electron chi connectivity index (χ3n) is 3.05. The van der Waals surface area contributed by atoms with Crippen molar-refractivity contribution in [3.8, 4) is 5.75 Å². The number of carbonyl (C=O) groups is 1. The lowest BCUT2D eigenvalue weighted by Gasteiger charge is -2.11. The molecule has 1 aromatic carbocycles. The van der Waals surface area contributed by atoms with Crippen LogP contribution in [0.3, 0.4) is 0 Å². The number of carbonyl (C=O) groups excluding carboxylic acids is 1. The number of amides is 1. The number of nitrogens with zero attached hydrogens (tertiary/aromatic N) is 1. The van der Waals surface area contributed by atoms with Crippen LogP contribution in [-0.4, -0.2) is 52.1 Å². The van der Waals surface area contributed by atoms with Gasteiger partial charge in [-0.25, -0.2) is 12.7 Å². The molecule has 0 unspecified atom stereocenters. The Hall–Kier alpha value is -1.60. The molecular weight excluding hydrogens is 292 g/mol. The van der Waals surface area contributed by atoms with Crippen LogP contribution < -0.4 is 10.1 Å². The highest BCUT2D eigenvalue weighted by Crippen LogP contribution is 2.17. The maximum atomic E-state index is 11.6. The standard InChI is InChI=1S/C14H22N2O4S/c1-16(2)21(18,19)11-9-14(17)15-10-8-12-6-4-5-7-13(12)20-3/h4-7H,8-11H2,1-3H3,(H,15,17). The van der Waals surface area contributed by atoms with Gasteiger partial charge < -0.3 is 10.1 Å². The molecule has 0 aliphatic rings. The maximum absolute atomic E-state index is 11.6. The third kappa shape index (κ3) is 5.73. The number of rotatable bonds is 8. The molecule has 7 heteroatoms. The summed E-state index contributed by atoms with van der Waals surface area (Å²) in [6.45, 7) is 0.446. The fourth-order valence-corrected chi connectivity index (χ4v) is 2.55. The number of benzene rings is 1. The first-order valence-corrected chi connectivity index (χ1v) is 8.26. The normalized spacial score (nSPS) is 11.4. The highest BCUT2D eigenvalue weighted by molar-refractivity contribution is 7.89. The van der Waals surface area contributed by atoms with Gasteiger partial charge in [-0.2, -0.15) is 0 Å². The molecule has 0 saturated heterocycles. The minimum absolute atomic E-state index is 0.0353. The van der Waals surface area contributed by atoms with Crippen molar-refractivity contribution in [2.24, 2.45) is 0 Å². The van der Waals surface area contributed by atoms with Gasteiger partial charge in [0.25, 0.3) is 0 Å². The van der Waals surface area contributed by atoms with Crippen LogP contribution in [-0.2, 0) is 21.2 Å². The average Bonchev–Trinajstić information content (AvgIpc) is 2.45. The zero-order valence-corrected chi connectivity index (χ0v) is 13.4. The van der Waals surface area contributed by atoms with Crippen molar-refractivity contribution in [3.05, 3.63) is 29.8 Å². The van der Waals surface area contributed by atoms with Crippen molar-refractivity contribution in [2.75, 3.05) is 33.5 Å². The quantitative estimate of drug-likeness (QED) is 0.764. The van der Waals surface area contributed by atoms with Crippen molar-refractivity contribution >= 4 is 15.9 Å². The Bertz CT molecular complexity index is 570. The number of sulfonamides is 1. The molecule has 0 atom stereocenters. The molecule has 0 aromatic heterocycles. The topological polar surface area (TPSA) is 75.7 Å². The number of hydrogen-bond acceptors (Lipinski definition) is 4. The molecule has 1 N–H and O–H groups in total. The largest absolute Gasteiger partial charge is 0.496 e. The summed E-state index contributed by atoms with van der Waals surface area (Å²) in [6, 6.07) is 7.58. The third-order valence-corrected chi connectivity index (χ3v) is 4.89. The Labute approximate surface area is 126 Å². The number of ether oxygens (including phenoxy) is 1. The first-order valence-electron chi connectivity index (χ1n) is 6.65. The minimum Gasteiger partial charge on any atom is -0.496 e. The van der Waals surface area contributed by atoms with E-state index in [1.165, 1.54) is 14.1 Å². The first kappa shape index (κ1) is 17.5. The lowest BCUT2D eigenvalue weighted by Crippen LogP contribution is -2.31. The van der Waals surface area contributed by atoms with Crippen LogP contribution in [0.2, 0.25) is 0 Å². The molecule has 21 heavy (non-hydrogen) atoms. The van der Waals surface area contributed by atoms with E-state index in [0.717, 1.165) is 15.6 Å². The fourth-order valence-electron chi connectivity index (χ4n) is 1.74. The molecule has 0 radical (unpaired) electrons. The molecule has 0 bridgehead atoms. The van der Waals surface area contributed by atoms with Gasteiger partial charge in [0.05, 0.1) is 12.9 Å². The lowest BCUT2D eigenvalue weighted by atomic mass is 10.1. The van der Waals surface area contributed by atoms with Crippen LogP contribution in [0.15, 0.2) is 24.3 Å². The molecule has 0 saturated carbocycles. The summed E-state index contributed by atoms with van der Waals surface area (Å²) >= 11 is 0. The van der Waals surface area contributed by atoms with E-state index >= 15 is 0 Å². The Kier molecular flexibility index (Phi) is 6.64. The van der Waals surface area contributed by atoms with Crippen molar-refractivity contribution < 1.29 is 17.9 Å². The number of nitrogens with one attached hydrogen (secondary N) is 1. The second-order valence-electron chi connectivity index (χ2n) is 4.76. The van der Waals surface area contributed by atoms with Gasteiger partial charge in [0.15, 0.2) is 0 Å². The van der Waals surface area contributed by atoms with Gasteiger partial charge in [0.2, 0.25) is 15.9 Å². The van der Waals surface area contributed by atoms with Gasteiger partial charge in [-0.15, -0.1) is 0 Å². The summed E-state index contributed by atoms with van der Waals surface area (Å²) in [5.74, 6) is 0.331. The Morgan fingerprint density at radius 2 is 1.95 bits per heavy atom. The molecule has 0 fully saturated rings. The number of methoxy groups -OCH3 is 1. The SMILES string of the molecule is COc1ccccc1CCNC(=O)CCS(=O)(=O)N(C)C.